The minimum atomic E-state index is -1.18. The summed E-state index contributed by atoms with van der Waals surface area (Å²) in [5.41, 5.74) is 17.4. The number of halogens is 1. The van der Waals surface area contributed by atoms with Crippen molar-refractivity contribution in [3.8, 4) is 0 Å². The van der Waals surface area contributed by atoms with Crippen LogP contribution in [-0.2, 0) is 0 Å². The zero-order valence-electron chi connectivity index (χ0n) is 15.3. The Morgan fingerprint density at radius 3 is 2.76 bits per heavy atom. The number of hydrogen-bond acceptors (Lipinski definition) is 9. The van der Waals surface area contributed by atoms with Crippen LogP contribution in [0.2, 0.25) is 0 Å². The third kappa shape index (κ3) is 1.68. The largest absolute Gasteiger partial charge is 0.370 e. The molecule has 1 amide bonds. The number of aliphatic hydroxyl groups is 1. The fourth-order valence-electron chi connectivity index (χ4n) is 6.60. The molecule has 5 heterocycles. The third-order valence-electron chi connectivity index (χ3n) is 7.49. The highest BCUT2D eigenvalue weighted by atomic mass is 35.5. The summed E-state index contributed by atoms with van der Waals surface area (Å²) < 4.78 is 0. The van der Waals surface area contributed by atoms with E-state index >= 15 is 0 Å². The predicted octanol–water partition coefficient (Wildman–Crippen LogP) is -2.46. The zero-order valence-corrected chi connectivity index (χ0v) is 16.1. The minimum Gasteiger partial charge on any atom is -0.370 e. The molecule has 8 atom stereocenters. The summed E-state index contributed by atoms with van der Waals surface area (Å²) in [7, 11) is 0. The molecule has 4 aliphatic heterocycles. The van der Waals surface area contributed by atoms with Crippen LogP contribution in [0.4, 0.5) is 0 Å². The third-order valence-corrected chi connectivity index (χ3v) is 8.18. The number of carbonyl (C=O) groups is 1. The maximum atomic E-state index is 13.4. The highest BCUT2D eigenvalue weighted by Crippen LogP contribution is 2.64. The fourth-order valence-corrected chi connectivity index (χ4v) is 7.19. The lowest BCUT2D eigenvalue weighted by molar-refractivity contribution is -0.0123. The quantitative estimate of drug-likeness (QED) is 0.246. The van der Waals surface area contributed by atoms with Crippen molar-refractivity contribution in [2.24, 2.45) is 44.9 Å². The lowest BCUT2D eigenvalue weighted by atomic mass is 9.70. The van der Waals surface area contributed by atoms with E-state index in [0.717, 1.165) is 5.56 Å². The van der Waals surface area contributed by atoms with Gasteiger partial charge in [-0.3, -0.25) is 4.79 Å². The van der Waals surface area contributed by atoms with E-state index in [1.807, 2.05) is 6.07 Å². The van der Waals surface area contributed by atoms with Gasteiger partial charge in [-0.1, -0.05) is 0 Å². The van der Waals surface area contributed by atoms with Crippen LogP contribution in [-0.4, -0.2) is 68.7 Å². The first kappa shape index (κ1) is 17.4. The normalized spacial score (nSPS) is 46.6. The van der Waals surface area contributed by atoms with Gasteiger partial charge in [0.05, 0.1) is 5.38 Å². The molecule has 2 spiro atoms. The molecule has 1 aromatic rings. The Morgan fingerprint density at radius 2 is 2.07 bits per heavy atom. The van der Waals surface area contributed by atoms with E-state index in [1.165, 1.54) is 0 Å². The maximum absolute atomic E-state index is 13.4. The highest BCUT2D eigenvalue weighted by Gasteiger charge is 2.78. The molecule has 0 radical (unpaired) electrons. The molecule has 1 saturated carbocycles. The van der Waals surface area contributed by atoms with Gasteiger partial charge < -0.3 is 42.8 Å². The van der Waals surface area contributed by atoms with Crippen molar-refractivity contribution in [1.29, 1.82) is 0 Å². The average molecular weight is 420 g/mol. The number of amides is 1. The lowest BCUT2D eigenvalue weighted by Gasteiger charge is -2.51. The summed E-state index contributed by atoms with van der Waals surface area (Å²) >= 11 is 6.94. The molecule has 154 valence electrons. The van der Waals surface area contributed by atoms with Crippen LogP contribution in [0.1, 0.15) is 22.1 Å². The van der Waals surface area contributed by atoms with Crippen molar-refractivity contribution in [3.05, 3.63) is 23.5 Å². The number of aliphatic hydroxyl groups excluding tert-OH is 1. The van der Waals surface area contributed by atoms with Gasteiger partial charge in [0.1, 0.15) is 22.9 Å². The molecular weight excluding hydrogens is 398 g/mol. The van der Waals surface area contributed by atoms with Gasteiger partial charge in [-0.2, -0.15) is 0 Å². The first-order chi connectivity index (χ1) is 13.9. The van der Waals surface area contributed by atoms with Gasteiger partial charge in [-0.25, -0.2) is 9.98 Å². The molecule has 0 aromatic carbocycles. The Kier molecular flexibility index (Phi) is 3.09. The number of guanidine groups is 2. The Labute approximate surface area is 170 Å². The van der Waals surface area contributed by atoms with Crippen molar-refractivity contribution in [2.75, 3.05) is 13.1 Å². The van der Waals surface area contributed by atoms with Crippen LogP contribution in [0, 0.1) is 17.8 Å². The van der Waals surface area contributed by atoms with Crippen LogP contribution in [0.5, 0.6) is 0 Å². The molecule has 1 aliphatic carbocycles. The number of aliphatic imine (C=N–C) groups is 2. The zero-order chi connectivity index (χ0) is 20.3. The Bertz CT molecular complexity index is 993. The van der Waals surface area contributed by atoms with Gasteiger partial charge in [0.15, 0.2) is 18.1 Å². The molecule has 2 fully saturated rings. The van der Waals surface area contributed by atoms with Gasteiger partial charge in [0, 0.05) is 24.2 Å². The average Bonchev–Trinajstić information content (AvgIpc) is 3.42. The number of hydrogen-bond donors (Lipinski definition) is 7. The summed E-state index contributed by atoms with van der Waals surface area (Å²) in [6.45, 7) is 0.713. The van der Waals surface area contributed by atoms with Crippen molar-refractivity contribution in [1.82, 2.24) is 20.5 Å². The minimum absolute atomic E-state index is 0.102. The summed E-state index contributed by atoms with van der Waals surface area (Å²) in [5, 5.41) is 16.9. The molecule has 1 aromatic heterocycles. The second kappa shape index (κ2) is 5.15. The van der Waals surface area contributed by atoms with Crippen LogP contribution >= 0.6 is 11.6 Å². The highest BCUT2D eigenvalue weighted by molar-refractivity contribution is 6.22. The summed E-state index contributed by atoms with van der Waals surface area (Å²) in [6, 6.07) is 1.39. The molecular formula is C17H22ClN9O2. The van der Waals surface area contributed by atoms with Gasteiger partial charge in [-0.05, 0) is 24.4 Å². The maximum Gasteiger partial charge on any atom is 0.272 e. The molecule has 0 bridgehead atoms. The van der Waals surface area contributed by atoms with E-state index in [9.17, 15) is 9.90 Å². The van der Waals surface area contributed by atoms with E-state index in [2.05, 4.69) is 25.6 Å². The Hall–Kier alpha value is -2.50. The lowest BCUT2D eigenvalue weighted by Crippen LogP contribution is -2.73. The van der Waals surface area contributed by atoms with Crippen LogP contribution in [0.25, 0.3) is 0 Å². The second-order valence-corrected chi connectivity index (χ2v) is 8.95. The van der Waals surface area contributed by atoms with E-state index in [-0.39, 0.29) is 35.6 Å². The standard InChI is InChI=1S/C17H22ClN9O2/c18-10-6(3-19)7-4-27-12(28)8-5(1-2-22-8)11-17(27,26-14(20)23-11)9(7)16(10)13(29)24-15(21)25-16/h1-2,6-7,9-11,13,22,29H,3-4,19H2,(H3,20,23,26)(H3,21,24,25)/t6-,7+,9+,10-,11+,13-,16+,17-/m1/s1. The number of aromatic amines is 1. The molecule has 6 rings (SSSR count). The summed E-state index contributed by atoms with van der Waals surface area (Å²) in [6.07, 6.45) is 0.539. The predicted molar refractivity (Wildman–Crippen MR) is 105 cm³/mol. The molecule has 11 nitrogen and oxygen atoms in total. The van der Waals surface area contributed by atoms with Crippen molar-refractivity contribution in [3.63, 3.8) is 0 Å². The summed E-state index contributed by atoms with van der Waals surface area (Å²) in [4.78, 5) is 27.0. The van der Waals surface area contributed by atoms with Crippen molar-refractivity contribution < 1.29 is 9.90 Å². The van der Waals surface area contributed by atoms with Crippen LogP contribution in [0.3, 0.4) is 0 Å². The molecule has 5 aliphatic rings. The number of alkyl halides is 1. The topological polar surface area (TPSA) is 183 Å². The number of fused-ring (bicyclic) bond motifs is 4. The number of nitrogens with one attached hydrogen (secondary N) is 3. The van der Waals surface area contributed by atoms with Crippen LogP contribution in [0.15, 0.2) is 22.2 Å². The monoisotopic (exact) mass is 419 g/mol. The second-order valence-electron chi connectivity index (χ2n) is 8.48. The molecule has 29 heavy (non-hydrogen) atoms. The molecule has 0 unspecified atom stereocenters. The number of nitrogens with zero attached hydrogens (tertiary/aromatic N) is 3. The molecule has 1 saturated heterocycles. The number of carbonyl (C=O) groups excluding carboxylic acids is 1. The van der Waals surface area contributed by atoms with Gasteiger partial charge >= 0.3 is 0 Å². The first-order valence-corrected chi connectivity index (χ1v) is 10.0. The number of aromatic nitrogens is 1. The number of nitrogens with two attached hydrogens (primary N) is 3. The summed E-state index contributed by atoms with van der Waals surface area (Å²) in [5.74, 6) is -0.446. The Morgan fingerprint density at radius 1 is 1.31 bits per heavy atom. The van der Waals surface area contributed by atoms with Crippen molar-refractivity contribution >= 4 is 29.4 Å². The molecule has 12 heteroatoms. The smallest absolute Gasteiger partial charge is 0.272 e. The van der Waals surface area contributed by atoms with E-state index in [1.54, 1.807) is 11.1 Å². The number of H-pyrrole nitrogens is 1. The van der Waals surface area contributed by atoms with E-state index in [0.29, 0.717) is 18.8 Å². The number of rotatable bonds is 1. The van der Waals surface area contributed by atoms with Gasteiger partial charge in [-0.15, -0.1) is 11.6 Å². The van der Waals surface area contributed by atoms with E-state index < -0.39 is 28.8 Å². The van der Waals surface area contributed by atoms with Crippen LogP contribution < -0.4 is 27.8 Å². The first-order valence-electron chi connectivity index (χ1n) is 9.60. The molecule has 10 N–H and O–H groups in total. The van der Waals surface area contributed by atoms with E-state index in [4.69, 9.17) is 28.8 Å². The van der Waals surface area contributed by atoms with Gasteiger partial charge in [0.25, 0.3) is 5.91 Å². The SMILES string of the molecule is NC[C@@H]1[C@@H]2CN3C(=O)c4[nH]ccc4[C@@H]4N=C(N)N[C@@]43[C@@H]2[C@]2(NC(N)=N[C@@H]2O)[C@@H]1Cl. The van der Waals surface area contributed by atoms with Gasteiger partial charge in [0.2, 0.25) is 0 Å². The van der Waals surface area contributed by atoms with Crippen molar-refractivity contribution in [2.45, 2.75) is 28.8 Å². The fraction of sp³-hybridized carbons (Fsp3) is 0.588. The Balaban J connectivity index is 1.60.